The summed E-state index contributed by atoms with van der Waals surface area (Å²) in [4.78, 5) is 1.72. The maximum absolute atomic E-state index is 14.0. The largest absolute Gasteiger partial charge is 0.370 e. The molecular formula is C15H22F2N2. The van der Waals surface area contributed by atoms with Gasteiger partial charge in [0.2, 0.25) is 0 Å². The highest BCUT2D eigenvalue weighted by molar-refractivity contribution is 5.50. The molecule has 0 aromatic heterocycles. The predicted octanol–water partition coefficient (Wildman–Crippen LogP) is 3.09. The summed E-state index contributed by atoms with van der Waals surface area (Å²) >= 11 is 0. The van der Waals surface area contributed by atoms with Gasteiger partial charge in [0.25, 0.3) is 0 Å². The number of halogens is 2. The van der Waals surface area contributed by atoms with Crippen LogP contribution in [0.1, 0.15) is 31.2 Å². The molecule has 1 aromatic carbocycles. The van der Waals surface area contributed by atoms with E-state index in [4.69, 9.17) is 5.73 Å². The first-order valence-corrected chi connectivity index (χ1v) is 7.01. The molecule has 2 rings (SSSR count). The van der Waals surface area contributed by atoms with Crippen molar-refractivity contribution in [2.75, 3.05) is 25.0 Å². The summed E-state index contributed by atoms with van der Waals surface area (Å²) in [7, 11) is 1.77. The van der Waals surface area contributed by atoms with Gasteiger partial charge in [0.1, 0.15) is 17.3 Å². The Labute approximate surface area is 113 Å². The van der Waals surface area contributed by atoms with Crippen LogP contribution in [0.2, 0.25) is 0 Å². The van der Waals surface area contributed by atoms with E-state index in [-0.39, 0.29) is 5.69 Å². The molecule has 0 heterocycles. The van der Waals surface area contributed by atoms with E-state index in [1.165, 1.54) is 37.8 Å². The highest BCUT2D eigenvalue weighted by Gasteiger charge is 2.21. The zero-order valence-electron chi connectivity index (χ0n) is 11.5. The van der Waals surface area contributed by atoms with Crippen LogP contribution >= 0.6 is 0 Å². The van der Waals surface area contributed by atoms with Crippen molar-refractivity contribution in [2.45, 2.75) is 32.1 Å². The standard InChI is InChI=1S/C15H22F2N2/c1-19(10-11-4-2-3-5-11)15-13(16)8-12(6-7-18)9-14(15)17/h8-9,11H,2-7,10,18H2,1H3. The van der Waals surface area contributed by atoms with E-state index in [0.29, 0.717) is 24.4 Å². The van der Waals surface area contributed by atoms with Gasteiger partial charge in [0.15, 0.2) is 0 Å². The fraction of sp³-hybridized carbons (Fsp3) is 0.600. The number of hydrogen-bond acceptors (Lipinski definition) is 2. The van der Waals surface area contributed by atoms with Crippen molar-refractivity contribution >= 4 is 5.69 Å². The van der Waals surface area contributed by atoms with Crippen molar-refractivity contribution < 1.29 is 8.78 Å². The van der Waals surface area contributed by atoms with Crippen molar-refractivity contribution in [1.29, 1.82) is 0 Å². The van der Waals surface area contributed by atoms with Gasteiger partial charge in [-0.2, -0.15) is 0 Å². The van der Waals surface area contributed by atoms with Gasteiger partial charge < -0.3 is 10.6 Å². The minimum absolute atomic E-state index is 0.0904. The lowest BCUT2D eigenvalue weighted by molar-refractivity contribution is 0.524. The highest BCUT2D eigenvalue weighted by atomic mass is 19.1. The molecular weight excluding hydrogens is 246 g/mol. The molecule has 0 atom stereocenters. The molecule has 1 fully saturated rings. The Hall–Kier alpha value is -1.16. The quantitative estimate of drug-likeness (QED) is 0.889. The van der Waals surface area contributed by atoms with Gasteiger partial charge in [0, 0.05) is 13.6 Å². The first kappa shape index (κ1) is 14.3. The third-order valence-corrected chi connectivity index (χ3v) is 3.90. The zero-order valence-corrected chi connectivity index (χ0v) is 11.5. The second kappa shape index (κ2) is 6.33. The zero-order chi connectivity index (χ0) is 13.8. The molecule has 0 spiro atoms. The Morgan fingerprint density at radius 2 is 1.79 bits per heavy atom. The summed E-state index contributed by atoms with van der Waals surface area (Å²) in [5.74, 6) is -0.402. The van der Waals surface area contributed by atoms with Crippen LogP contribution < -0.4 is 10.6 Å². The number of nitrogens with two attached hydrogens (primary N) is 1. The Morgan fingerprint density at radius 1 is 1.21 bits per heavy atom. The van der Waals surface area contributed by atoms with E-state index in [9.17, 15) is 8.78 Å². The second-order valence-corrected chi connectivity index (χ2v) is 5.48. The molecule has 1 aliphatic rings. The molecule has 2 N–H and O–H groups in total. The Bertz CT molecular complexity index is 405. The average molecular weight is 268 g/mol. The predicted molar refractivity (Wildman–Crippen MR) is 74.3 cm³/mol. The lowest BCUT2D eigenvalue weighted by Crippen LogP contribution is -2.26. The average Bonchev–Trinajstić information content (AvgIpc) is 2.81. The summed E-state index contributed by atoms with van der Waals surface area (Å²) in [6, 6.07) is 2.80. The van der Waals surface area contributed by atoms with Gasteiger partial charge in [-0.05, 0) is 49.4 Å². The number of rotatable bonds is 5. The topological polar surface area (TPSA) is 29.3 Å². The second-order valence-electron chi connectivity index (χ2n) is 5.48. The van der Waals surface area contributed by atoms with Gasteiger partial charge in [-0.25, -0.2) is 8.78 Å². The Morgan fingerprint density at radius 3 is 2.32 bits per heavy atom. The third-order valence-electron chi connectivity index (χ3n) is 3.90. The summed E-state index contributed by atoms with van der Waals surface area (Å²) in [5, 5.41) is 0. The first-order valence-electron chi connectivity index (χ1n) is 7.01. The van der Waals surface area contributed by atoms with Crippen LogP contribution in [0.3, 0.4) is 0 Å². The fourth-order valence-corrected chi connectivity index (χ4v) is 2.97. The van der Waals surface area contributed by atoms with E-state index >= 15 is 0 Å². The van der Waals surface area contributed by atoms with Gasteiger partial charge in [-0.15, -0.1) is 0 Å². The number of benzene rings is 1. The molecule has 2 nitrogen and oxygen atoms in total. The van der Waals surface area contributed by atoms with E-state index in [1.807, 2.05) is 0 Å². The minimum Gasteiger partial charge on any atom is -0.370 e. The third kappa shape index (κ3) is 3.44. The molecule has 19 heavy (non-hydrogen) atoms. The van der Waals surface area contributed by atoms with Crippen molar-refractivity contribution in [3.8, 4) is 0 Å². The van der Waals surface area contributed by atoms with Crippen molar-refractivity contribution in [2.24, 2.45) is 11.7 Å². The fourth-order valence-electron chi connectivity index (χ4n) is 2.97. The highest BCUT2D eigenvalue weighted by Crippen LogP contribution is 2.29. The SMILES string of the molecule is CN(CC1CCCC1)c1c(F)cc(CCN)cc1F. The lowest BCUT2D eigenvalue weighted by Gasteiger charge is -2.24. The first-order chi connectivity index (χ1) is 9.11. The van der Waals surface area contributed by atoms with Gasteiger partial charge in [0.05, 0.1) is 0 Å². The smallest absolute Gasteiger partial charge is 0.149 e. The molecule has 0 aliphatic heterocycles. The van der Waals surface area contributed by atoms with E-state index in [0.717, 1.165) is 6.54 Å². The van der Waals surface area contributed by atoms with Crippen molar-refractivity contribution in [3.63, 3.8) is 0 Å². The van der Waals surface area contributed by atoms with Crippen LogP contribution in [0.4, 0.5) is 14.5 Å². The van der Waals surface area contributed by atoms with Crippen LogP contribution in [0.25, 0.3) is 0 Å². The monoisotopic (exact) mass is 268 g/mol. The number of hydrogen-bond donors (Lipinski definition) is 1. The maximum Gasteiger partial charge on any atom is 0.149 e. The van der Waals surface area contributed by atoms with Gasteiger partial charge >= 0.3 is 0 Å². The summed E-state index contributed by atoms with van der Waals surface area (Å²) in [5.41, 5.74) is 6.12. The molecule has 106 valence electrons. The number of nitrogens with zero attached hydrogens (tertiary/aromatic N) is 1. The van der Waals surface area contributed by atoms with Gasteiger partial charge in [-0.1, -0.05) is 12.8 Å². The number of anilines is 1. The molecule has 0 unspecified atom stereocenters. The van der Waals surface area contributed by atoms with Crippen LogP contribution in [-0.4, -0.2) is 20.1 Å². The molecule has 0 amide bonds. The van der Waals surface area contributed by atoms with Crippen molar-refractivity contribution in [3.05, 3.63) is 29.3 Å². The van der Waals surface area contributed by atoms with Crippen LogP contribution in [-0.2, 0) is 6.42 Å². The van der Waals surface area contributed by atoms with E-state index in [2.05, 4.69) is 0 Å². The minimum atomic E-state index is -0.482. The van der Waals surface area contributed by atoms with Gasteiger partial charge in [-0.3, -0.25) is 0 Å². The summed E-state index contributed by atoms with van der Waals surface area (Å²) in [6.45, 7) is 1.13. The van der Waals surface area contributed by atoms with Crippen LogP contribution in [0.5, 0.6) is 0 Å². The lowest BCUT2D eigenvalue weighted by atomic mass is 10.1. The normalized spacial score (nSPS) is 16.0. The molecule has 1 saturated carbocycles. The molecule has 1 aliphatic carbocycles. The molecule has 0 bridgehead atoms. The molecule has 0 radical (unpaired) electrons. The maximum atomic E-state index is 14.0. The molecule has 1 aromatic rings. The Kier molecular flexibility index (Phi) is 4.75. The van der Waals surface area contributed by atoms with E-state index in [1.54, 1.807) is 11.9 Å². The summed E-state index contributed by atoms with van der Waals surface area (Å²) < 4.78 is 28.1. The Balaban J connectivity index is 2.13. The van der Waals surface area contributed by atoms with Crippen LogP contribution in [0.15, 0.2) is 12.1 Å². The van der Waals surface area contributed by atoms with E-state index < -0.39 is 11.6 Å². The van der Waals surface area contributed by atoms with Crippen LogP contribution in [0, 0.1) is 17.6 Å². The molecule has 4 heteroatoms. The molecule has 0 saturated heterocycles. The summed E-state index contributed by atoms with van der Waals surface area (Å²) in [6.07, 6.45) is 5.30. The van der Waals surface area contributed by atoms with Crippen molar-refractivity contribution in [1.82, 2.24) is 0 Å².